The molecule has 19 heavy (non-hydrogen) atoms. The predicted molar refractivity (Wildman–Crippen MR) is 80.5 cm³/mol. The van der Waals surface area contributed by atoms with Gasteiger partial charge in [-0.3, -0.25) is 4.98 Å². The van der Waals surface area contributed by atoms with Gasteiger partial charge in [0.25, 0.3) is 0 Å². The van der Waals surface area contributed by atoms with E-state index < -0.39 is 0 Å². The van der Waals surface area contributed by atoms with E-state index in [0.717, 1.165) is 29.2 Å². The van der Waals surface area contributed by atoms with Gasteiger partial charge in [-0.05, 0) is 49.2 Å². The highest BCUT2D eigenvalue weighted by Crippen LogP contribution is 2.23. The summed E-state index contributed by atoms with van der Waals surface area (Å²) in [4.78, 5) is 4.44. The molecule has 0 amide bonds. The number of hydrogen-bond donors (Lipinski definition) is 1. The summed E-state index contributed by atoms with van der Waals surface area (Å²) in [6, 6.07) is 12.4. The zero-order chi connectivity index (χ0) is 13.7. The molecule has 2 aromatic rings. The number of rotatable bonds is 5. The van der Waals surface area contributed by atoms with Crippen LogP contribution in [0.15, 0.2) is 42.6 Å². The van der Waals surface area contributed by atoms with Crippen molar-refractivity contribution in [2.45, 2.75) is 26.3 Å². The number of aromatic nitrogens is 1. The molecular weight excluding hydrogens is 256 g/mol. The molecule has 0 fully saturated rings. The first-order valence-electron chi connectivity index (χ1n) is 6.60. The molecule has 0 aliphatic carbocycles. The van der Waals surface area contributed by atoms with Gasteiger partial charge >= 0.3 is 0 Å². The molecule has 3 heteroatoms. The van der Waals surface area contributed by atoms with Gasteiger partial charge in [-0.15, -0.1) is 0 Å². The largest absolute Gasteiger partial charge is 0.309 e. The first kappa shape index (κ1) is 14.0. The van der Waals surface area contributed by atoms with Crippen LogP contribution in [-0.4, -0.2) is 11.5 Å². The van der Waals surface area contributed by atoms with Gasteiger partial charge in [-0.1, -0.05) is 36.7 Å². The van der Waals surface area contributed by atoms with Gasteiger partial charge in [0, 0.05) is 11.2 Å². The summed E-state index contributed by atoms with van der Waals surface area (Å²) in [5, 5.41) is 4.30. The molecule has 1 heterocycles. The third kappa shape index (κ3) is 3.79. The monoisotopic (exact) mass is 274 g/mol. The fourth-order valence-corrected chi connectivity index (χ4v) is 2.46. The van der Waals surface area contributed by atoms with Crippen LogP contribution in [0.2, 0.25) is 5.02 Å². The molecule has 0 aliphatic rings. The molecule has 0 bridgehead atoms. The second kappa shape index (κ2) is 6.69. The van der Waals surface area contributed by atoms with Gasteiger partial charge in [0.1, 0.15) is 0 Å². The molecule has 1 atom stereocenters. The van der Waals surface area contributed by atoms with E-state index in [4.69, 9.17) is 11.6 Å². The Hall–Kier alpha value is -1.38. The zero-order valence-corrected chi connectivity index (χ0v) is 12.1. The highest BCUT2D eigenvalue weighted by molar-refractivity contribution is 6.31. The lowest BCUT2D eigenvalue weighted by Gasteiger charge is -2.18. The topological polar surface area (TPSA) is 24.9 Å². The number of nitrogens with zero attached hydrogens (tertiary/aromatic N) is 1. The van der Waals surface area contributed by atoms with Crippen LogP contribution in [0.1, 0.15) is 29.8 Å². The number of likely N-dealkylation sites (N-methyl/N-ethyl adjacent to an activating group) is 1. The second-order valence-electron chi connectivity index (χ2n) is 4.66. The quantitative estimate of drug-likeness (QED) is 0.893. The number of hydrogen-bond acceptors (Lipinski definition) is 2. The Kier molecular flexibility index (Phi) is 4.94. The van der Waals surface area contributed by atoms with Crippen LogP contribution in [0.4, 0.5) is 0 Å². The molecule has 1 aromatic carbocycles. The third-order valence-corrected chi connectivity index (χ3v) is 3.48. The van der Waals surface area contributed by atoms with E-state index in [1.807, 2.05) is 24.4 Å². The summed E-state index contributed by atoms with van der Waals surface area (Å²) >= 11 is 6.31. The molecule has 1 aromatic heterocycles. The van der Waals surface area contributed by atoms with E-state index >= 15 is 0 Å². The summed E-state index contributed by atoms with van der Waals surface area (Å²) in [6.45, 7) is 5.06. The van der Waals surface area contributed by atoms with Crippen molar-refractivity contribution in [2.75, 3.05) is 6.54 Å². The Bertz CT molecular complexity index is 526. The molecule has 0 saturated heterocycles. The smallest absolute Gasteiger partial charge is 0.0576 e. The van der Waals surface area contributed by atoms with Crippen LogP contribution in [0.5, 0.6) is 0 Å². The summed E-state index contributed by atoms with van der Waals surface area (Å²) in [6.07, 6.45) is 2.68. The first-order chi connectivity index (χ1) is 9.20. The number of halogens is 1. The standard InChI is InChI=1S/C16H19ClN2/c1-3-18-16(15-6-4-5-9-19-15)11-13-8-7-12(2)10-14(13)17/h4-10,16,18H,3,11H2,1-2H3. The van der Waals surface area contributed by atoms with Crippen LogP contribution in [0.25, 0.3) is 0 Å². The summed E-state index contributed by atoms with van der Waals surface area (Å²) in [7, 11) is 0. The first-order valence-corrected chi connectivity index (χ1v) is 6.98. The van der Waals surface area contributed by atoms with E-state index in [1.54, 1.807) is 0 Å². The second-order valence-corrected chi connectivity index (χ2v) is 5.07. The average molecular weight is 275 g/mol. The molecule has 0 radical (unpaired) electrons. The highest BCUT2D eigenvalue weighted by Gasteiger charge is 2.13. The van der Waals surface area contributed by atoms with Crippen molar-refractivity contribution in [2.24, 2.45) is 0 Å². The van der Waals surface area contributed by atoms with E-state index in [9.17, 15) is 0 Å². The fraction of sp³-hybridized carbons (Fsp3) is 0.312. The van der Waals surface area contributed by atoms with Gasteiger partial charge < -0.3 is 5.32 Å². The minimum atomic E-state index is 0.200. The van der Waals surface area contributed by atoms with Crippen LogP contribution in [0.3, 0.4) is 0 Å². The molecule has 0 aliphatic heterocycles. The van der Waals surface area contributed by atoms with Crippen LogP contribution >= 0.6 is 11.6 Å². The van der Waals surface area contributed by atoms with Crippen molar-refractivity contribution in [1.29, 1.82) is 0 Å². The summed E-state index contributed by atoms with van der Waals surface area (Å²) < 4.78 is 0. The molecule has 0 saturated carbocycles. The van der Waals surface area contributed by atoms with Crippen molar-refractivity contribution < 1.29 is 0 Å². The van der Waals surface area contributed by atoms with Crippen LogP contribution in [-0.2, 0) is 6.42 Å². The van der Waals surface area contributed by atoms with Crippen molar-refractivity contribution in [3.05, 3.63) is 64.4 Å². The van der Waals surface area contributed by atoms with Gasteiger partial charge in [0.15, 0.2) is 0 Å². The Morgan fingerprint density at radius 2 is 2.11 bits per heavy atom. The van der Waals surface area contributed by atoms with Gasteiger partial charge in [-0.2, -0.15) is 0 Å². The van der Waals surface area contributed by atoms with Crippen molar-refractivity contribution in [3.8, 4) is 0 Å². The Labute approximate surface area is 119 Å². The lowest BCUT2D eigenvalue weighted by atomic mass is 10.0. The zero-order valence-electron chi connectivity index (χ0n) is 11.4. The maximum atomic E-state index is 6.31. The molecule has 100 valence electrons. The van der Waals surface area contributed by atoms with E-state index in [-0.39, 0.29) is 6.04 Å². The van der Waals surface area contributed by atoms with Crippen molar-refractivity contribution in [1.82, 2.24) is 10.3 Å². The molecule has 2 rings (SSSR count). The lowest BCUT2D eigenvalue weighted by molar-refractivity contribution is 0.537. The van der Waals surface area contributed by atoms with Gasteiger partial charge in [0.05, 0.1) is 11.7 Å². The highest BCUT2D eigenvalue weighted by atomic mass is 35.5. The Balaban J connectivity index is 2.21. The number of pyridine rings is 1. The third-order valence-electron chi connectivity index (χ3n) is 3.13. The summed E-state index contributed by atoms with van der Waals surface area (Å²) in [5.41, 5.74) is 3.40. The molecule has 1 unspecified atom stereocenters. The molecule has 0 spiro atoms. The maximum Gasteiger partial charge on any atom is 0.0576 e. The van der Waals surface area contributed by atoms with Crippen molar-refractivity contribution in [3.63, 3.8) is 0 Å². The Morgan fingerprint density at radius 1 is 1.26 bits per heavy atom. The minimum absolute atomic E-state index is 0.200. The van der Waals surface area contributed by atoms with E-state index in [0.29, 0.717) is 0 Å². The van der Waals surface area contributed by atoms with Crippen LogP contribution < -0.4 is 5.32 Å². The molecule has 2 nitrogen and oxygen atoms in total. The number of nitrogens with one attached hydrogen (secondary N) is 1. The van der Waals surface area contributed by atoms with Gasteiger partial charge in [-0.25, -0.2) is 0 Å². The predicted octanol–water partition coefficient (Wildman–Crippen LogP) is 3.94. The molecular formula is C16H19ClN2. The normalized spacial score (nSPS) is 12.4. The van der Waals surface area contributed by atoms with E-state index in [1.165, 1.54) is 5.56 Å². The van der Waals surface area contributed by atoms with Crippen LogP contribution in [0, 0.1) is 6.92 Å². The Morgan fingerprint density at radius 3 is 2.74 bits per heavy atom. The number of aryl methyl sites for hydroxylation is 1. The van der Waals surface area contributed by atoms with E-state index in [2.05, 4.69) is 42.3 Å². The number of benzene rings is 1. The molecule has 1 N–H and O–H groups in total. The average Bonchev–Trinajstić information content (AvgIpc) is 2.42. The van der Waals surface area contributed by atoms with Gasteiger partial charge in [0.2, 0.25) is 0 Å². The lowest BCUT2D eigenvalue weighted by Crippen LogP contribution is -2.23. The maximum absolute atomic E-state index is 6.31. The SMILES string of the molecule is CCNC(Cc1ccc(C)cc1Cl)c1ccccn1. The summed E-state index contributed by atoms with van der Waals surface area (Å²) in [5.74, 6) is 0. The fourth-order valence-electron chi connectivity index (χ4n) is 2.15. The van der Waals surface area contributed by atoms with Crippen molar-refractivity contribution >= 4 is 11.6 Å². The minimum Gasteiger partial charge on any atom is -0.309 e.